The summed E-state index contributed by atoms with van der Waals surface area (Å²) >= 11 is 3.16. The van der Waals surface area contributed by atoms with Crippen LogP contribution in [0.5, 0.6) is 0 Å². The molecule has 2 heterocycles. The monoisotopic (exact) mass is 384 g/mol. The zero-order valence-electron chi connectivity index (χ0n) is 13.8. The van der Waals surface area contributed by atoms with Gasteiger partial charge < -0.3 is 0 Å². The largest absolute Gasteiger partial charge is 0.292 e. The van der Waals surface area contributed by atoms with Gasteiger partial charge in [-0.1, -0.05) is 49.8 Å². The molecule has 0 radical (unpaired) electrons. The van der Waals surface area contributed by atoms with Gasteiger partial charge in [0, 0.05) is 18.8 Å². The van der Waals surface area contributed by atoms with Crippen molar-refractivity contribution in [3.8, 4) is 0 Å². The zero-order valence-corrected chi connectivity index (χ0v) is 13.4. The van der Waals surface area contributed by atoms with Gasteiger partial charge in [-0.05, 0) is 31.1 Å². The second-order valence-corrected chi connectivity index (χ2v) is 5.42. The highest BCUT2D eigenvalue weighted by Crippen LogP contribution is 2.06. The summed E-state index contributed by atoms with van der Waals surface area (Å²) in [5.41, 5.74) is 0.846. The molecule has 2 rings (SSSR count). The summed E-state index contributed by atoms with van der Waals surface area (Å²) < 4.78 is 14.3. The lowest BCUT2D eigenvalue weighted by atomic mass is 10.2. The molecule has 23 heavy (non-hydrogen) atoms. The first-order valence-corrected chi connectivity index (χ1v) is 7.33. The molecular formula is C18H25BrN2O2. The molecule has 0 aromatic carbocycles. The first kappa shape index (κ1) is 19.2. The first-order valence-electron chi connectivity index (χ1n) is 7.42. The van der Waals surface area contributed by atoms with Gasteiger partial charge in [-0.3, -0.25) is 19.6 Å². The Kier molecular flexibility index (Phi) is 10.5. The number of hydrogen-bond acceptors (Lipinski definition) is 4. The molecule has 0 aliphatic rings. The van der Waals surface area contributed by atoms with Crippen LogP contribution in [0.2, 0.25) is 0 Å². The molecule has 2 aromatic rings. The molecule has 0 bridgehead atoms. The number of pyridine rings is 2. The first-order chi connectivity index (χ1) is 10.8. The van der Waals surface area contributed by atoms with Crippen LogP contribution in [0.25, 0.3) is 0 Å². The SMILES string of the molecule is C.C.[3H]c1ccc(C(=O)C(C)Br)nc1.[3H]c1ccc(C(=O)CC)nc1. The fourth-order valence-corrected chi connectivity index (χ4v) is 1.57. The van der Waals surface area contributed by atoms with Crippen LogP contribution in [0.4, 0.5) is 0 Å². The maximum absolute atomic E-state index is 11.3. The zero-order chi connectivity index (χ0) is 17.4. The van der Waals surface area contributed by atoms with Gasteiger partial charge in [0.1, 0.15) is 11.4 Å². The predicted molar refractivity (Wildman–Crippen MR) is 99.3 cm³/mol. The third-order valence-electron chi connectivity index (χ3n) is 2.45. The quantitative estimate of drug-likeness (QED) is 0.549. The molecule has 0 saturated heterocycles. The Morgan fingerprint density at radius 1 is 1.13 bits per heavy atom. The van der Waals surface area contributed by atoms with Crippen molar-refractivity contribution < 1.29 is 12.3 Å². The minimum atomic E-state index is -0.221. The Morgan fingerprint density at radius 2 is 1.61 bits per heavy atom. The Balaban J connectivity index is 0. The number of rotatable bonds is 4. The van der Waals surface area contributed by atoms with Crippen LogP contribution in [0.1, 0.15) is 58.8 Å². The Hall–Kier alpha value is -1.88. The van der Waals surface area contributed by atoms with E-state index in [-0.39, 0.29) is 31.2 Å². The number of aromatic nitrogens is 2. The van der Waals surface area contributed by atoms with Gasteiger partial charge >= 0.3 is 0 Å². The summed E-state index contributed by atoms with van der Waals surface area (Å²) in [7, 11) is 0. The molecule has 1 atom stereocenters. The van der Waals surface area contributed by atoms with Gasteiger partial charge in [0.15, 0.2) is 11.6 Å². The molecule has 0 N–H and O–H groups in total. The fraction of sp³-hybridized carbons (Fsp3) is 0.333. The van der Waals surface area contributed by atoms with Crippen LogP contribution in [0.3, 0.4) is 0 Å². The lowest BCUT2D eigenvalue weighted by molar-refractivity contribution is 0.0978. The third kappa shape index (κ3) is 8.35. The molecule has 0 amide bonds. The van der Waals surface area contributed by atoms with E-state index in [9.17, 15) is 9.59 Å². The van der Waals surface area contributed by atoms with Crippen molar-refractivity contribution in [1.29, 1.82) is 0 Å². The number of carbonyl (C=O) groups is 2. The molecule has 0 spiro atoms. The Labute approximate surface area is 150 Å². The minimum Gasteiger partial charge on any atom is -0.292 e. The molecule has 126 valence electrons. The second-order valence-electron chi connectivity index (χ2n) is 4.04. The highest BCUT2D eigenvalue weighted by atomic mass is 79.9. The second kappa shape index (κ2) is 12.6. The summed E-state index contributed by atoms with van der Waals surface area (Å²) in [6.07, 6.45) is 3.20. The summed E-state index contributed by atoms with van der Waals surface area (Å²) in [6, 6.07) is 6.90. The molecule has 1 unspecified atom stereocenters. The molecule has 4 nitrogen and oxygen atoms in total. The number of ketones is 2. The van der Waals surface area contributed by atoms with E-state index < -0.39 is 0 Å². The average Bonchev–Trinajstić information content (AvgIpc) is 2.55. The van der Waals surface area contributed by atoms with Gasteiger partial charge in [-0.15, -0.1) is 0 Å². The van der Waals surface area contributed by atoms with Crippen LogP contribution in [-0.4, -0.2) is 26.4 Å². The lowest BCUT2D eigenvalue weighted by Gasteiger charge is -1.99. The van der Waals surface area contributed by atoms with E-state index in [0.717, 1.165) is 0 Å². The molecule has 0 saturated carbocycles. The van der Waals surface area contributed by atoms with Crippen molar-refractivity contribution in [2.75, 3.05) is 0 Å². The van der Waals surface area contributed by atoms with Gasteiger partial charge in [0.25, 0.3) is 0 Å². The van der Waals surface area contributed by atoms with Crippen molar-refractivity contribution in [1.82, 2.24) is 9.97 Å². The maximum Gasteiger partial charge on any atom is 0.194 e. The maximum atomic E-state index is 11.3. The van der Waals surface area contributed by atoms with Crippen molar-refractivity contribution in [2.45, 2.75) is 39.9 Å². The topological polar surface area (TPSA) is 59.9 Å². The van der Waals surface area contributed by atoms with Crippen LogP contribution in [0.15, 0.2) is 48.7 Å². The average molecular weight is 385 g/mol. The van der Waals surface area contributed by atoms with Crippen molar-refractivity contribution in [2.24, 2.45) is 0 Å². The number of hydrogen-bond donors (Lipinski definition) is 0. The Morgan fingerprint density at radius 3 is 1.96 bits per heavy atom. The van der Waals surface area contributed by atoms with Crippen molar-refractivity contribution in [3.05, 3.63) is 60.1 Å². The normalized spacial score (nSPS) is 11.3. The molecule has 0 fully saturated rings. The van der Waals surface area contributed by atoms with E-state index in [1.54, 1.807) is 38.1 Å². The minimum absolute atomic E-state index is 0. The predicted octanol–water partition coefficient (Wildman–Crippen LogP) is 4.99. The molecule has 2 aromatic heterocycles. The van der Waals surface area contributed by atoms with Crippen molar-refractivity contribution in [3.63, 3.8) is 0 Å². The highest BCUT2D eigenvalue weighted by Gasteiger charge is 2.11. The van der Waals surface area contributed by atoms with E-state index in [1.807, 2.05) is 0 Å². The van der Waals surface area contributed by atoms with Crippen LogP contribution in [-0.2, 0) is 0 Å². The molecular weight excluding hydrogens is 356 g/mol. The molecule has 0 aliphatic heterocycles. The smallest absolute Gasteiger partial charge is 0.194 e. The summed E-state index contributed by atoms with van der Waals surface area (Å²) in [6.45, 7) is 3.54. The van der Waals surface area contributed by atoms with Crippen LogP contribution < -0.4 is 0 Å². The van der Waals surface area contributed by atoms with Gasteiger partial charge in [0.2, 0.25) is 0 Å². The number of alkyl halides is 1. The highest BCUT2D eigenvalue weighted by molar-refractivity contribution is 9.10. The number of halogens is 1. The van der Waals surface area contributed by atoms with Crippen molar-refractivity contribution >= 4 is 27.5 Å². The number of nitrogens with zero attached hydrogens (tertiary/aromatic N) is 2. The van der Waals surface area contributed by atoms with Gasteiger partial charge in [-0.25, -0.2) is 0 Å². The standard InChI is InChI=1S/C8H8BrNO.C8H9NO.2CH4/c1-6(9)8(11)7-4-2-3-5-10-7;1-2-8(10)7-5-3-4-6-9-7;;/h2-6H,1H3;3-6H,2H2,1H3;2*1H4/i3T;4T;;. The number of Topliss-reactive ketones (excluding diaryl/α,β-unsaturated/α-hetero) is 2. The van der Waals surface area contributed by atoms with E-state index in [0.29, 0.717) is 29.9 Å². The van der Waals surface area contributed by atoms with E-state index in [4.69, 9.17) is 2.74 Å². The van der Waals surface area contributed by atoms with E-state index >= 15 is 0 Å². The van der Waals surface area contributed by atoms with Gasteiger partial charge in [-0.2, -0.15) is 0 Å². The third-order valence-corrected chi connectivity index (χ3v) is 2.87. The molecule has 0 aliphatic carbocycles. The summed E-state index contributed by atoms with van der Waals surface area (Å²) in [5, 5.41) is 0. The summed E-state index contributed by atoms with van der Waals surface area (Å²) in [4.78, 5) is 29.7. The number of carbonyl (C=O) groups excluding carboxylic acids is 2. The summed E-state index contributed by atoms with van der Waals surface area (Å²) in [5.74, 6) is -0.0417. The lowest BCUT2D eigenvalue weighted by Crippen LogP contribution is -2.11. The van der Waals surface area contributed by atoms with Crippen LogP contribution in [0, 0.1) is 0 Å². The van der Waals surface area contributed by atoms with Crippen LogP contribution >= 0.6 is 15.9 Å². The fourth-order valence-electron chi connectivity index (χ4n) is 1.34. The Bertz CT molecular complexity index is 660. The van der Waals surface area contributed by atoms with E-state index in [2.05, 4.69) is 25.9 Å². The van der Waals surface area contributed by atoms with E-state index in [1.165, 1.54) is 12.4 Å². The van der Waals surface area contributed by atoms with Gasteiger partial charge in [0.05, 0.1) is 7.57 Å². The molecule has 5 heteroatoms.